The van der Waals surface area contributed by atoms with Crippen molar-refractivity contribution < 1.29 is 14.6 Å². The van der Waals surface area contributed by atoms with Crippen LogP contribution in [0.5, 0.6) is 5.75 Å². The van der Waals surface area contributed by atoms with Gasteiger partial charge in [0.2, 0.25) is 0 Å². The molecule has 0 aromatic heterocycles. The van der Waals surface area contributed by atoms with Crippen molar-refractivity contribution in [3.05, 3.63) is 29.8 Å². The van der Waals surface area contributed by atoms with Crippen LogP contribution in [0.15, 0.2) is 24.3 Å². The summed E-state index contributed by atoms with van der Waals surface area (Å²) >= 11 is 0. The number of ether oxygens (including phenoxy) is 1. The minimum Gasteiger partial charge on any atom is -0.508 e. The molecule has 70 valence electrons. The fraction of sp³-hybridized carbons (Fsp3) is 0.300. The third-order valence-corrected chi connectivity index (χ3v) is 1.84. The van der Waals surface area contributed by atoms with Gasteiger partial charge in [-0.3, -0.25) is 0 Å². The van der Waals surface area contributed by atoms with Gasteiger partial charge in [0.1, 0.15) is 12.0 Å². The Labute approximate surface area is 77.0 Å². The molecule has 0 saturated heterocycles. The Morgan fingerprint density at radius 3 is 2.92 bits per heavy atom. The highest BCUT2D eigenvalue weighted by molar-refractivity contribution is 5.51. The van der Waals surface area contributed by atoms with E-state index >= 15 is 0 Å². The standard InChI is InChI=1S/C10H12O3/c1-13-10(5-6-11)8-3-2-4-9(12)7-8/h2-4,6-7,10,12H,5H2,1H3. The summed E-state index contributed by atoms with van der Waals surface area (Å²) < 4.78 is 5.09. The highest BCUT2D eigenvalue weighted by Crippen LogP contribution is 2.22. The summed E-state index contributed by atoms with van der Waals surface area (Å²) in [6, 6.07) is 6.72. The Balaban J connectivity index is 2.84. The third kappa shape index (κ3) is 2.56. The summed E-state index contributed by atoms with van der Waals surface area (Å²) in [7, 11) is 1.54. The van der Waals surface area contributed by atoms with Gasteiger partial charge in [0, 0.05) is 13.5 Å². The number of methoxy groups -OCH3 is 1. The molecule has 3 nitrogen and oxygen atoms in total. The summed E-state index contributed by atoms with van der Waals surface area (Å²) in [5.41, 5.74) is 0.814. The van der Waals surface area contributed by atoms with Crippen molar-refractivity contribution in [2.45, 2.75) is 12.5 Å². The zero-order valence-corrected chi connectivity index (χ0v) is 7.43. The van der Waals surface area contributed by atoms with E-state index in [2.05, 4.69) is 0 Å². The average molecular weight is 180 g/mol. The van der Waals surface area contributed by atoms with E-state index in [0.29, 0.717) is 6.42 Å². The molecule has 0 aliphatic heterocycles. The molecule has 0 bridgehead atoms. The van der Waals surface area contributed by atoms with Gasteiger partial charge in [0.15, 0.2) is 0 Å². The average Bonchev–Trinajstić information content (AvgIpc) is 2.14. The molecule has 1 rings (SSSR count). The molecular formula is C10H12O3. The van der Waals surface area contributed by atoms with Gasteiger partial charge in [-0.1, -0.05) is 12.1 Å². The monoisotopic (exact) mass is 180 g/mol. The molecule has 13 heavy (non-hydrogen) atoms. The number of carbonyl (C=O) groups excluding carboxylic acids is 1. The first-order valence-electron chi connectivity index (χ1n) is 4.03. The summed E-state index contributed by atoms with van der Waals surface area (Å²) in [5, 5.41) is 9.18. The molecule has 0 aliphatic rings. The molecule has 3 heteroatoms. The van der Waals surface area contributed by atoms with E-state index in [1.807, 2.05) is 6.07 Å². The smallest absolute Gasteiger partial charge is 0.122 e. The highest BCUT2D eigenvalue weighted by atomic mass is 16.5. The molecule has 0 heterocycles. The van der Waals surface area contributed by atoms with Crippen LogP contribution in [0.4, 0.5) is 0 Å². The van der Waals surface area contributed by atoms with Crippen LogP contribution >= 0.6 is 0 Å². The van der Waals surface area contributed by atoms with Crippen molar-refractivity contribution in [2.75, 3.05) is 7.11 Å². The Morgan fingerprint density at radius 2 is 2.38 bits per heavy atom. The number of phenols is 1. The summed E-state index contributed by atoms with van der Waals surface area (Å²) in [5.74, 6) is 0.186. The molecular weight excluding hydrogens is 168 g/mol. The molecule has 0 radical (unpaired) electrons. The third-order valence-electron chi connectivity index (χ3n) is 1.84. The number of benzene rings is 1. The van der Waals surface area contributed by atoms with E-state index in [1.165, 1.54) is 7.11 Å². The Kier molecular flexibility index (Phi) is 3.46. The van der Waals surface area contributed by atoms with Crippen LogP contribution in [-0.4, -0.2) is 18.5 Å². The molecule has 0 fully saturated rings. The molecule has 0 aliphatic carbocycles. The predicted octanol–water partition coefficient (Wildman–Crippen LogP) is 1.67. The van der Waals surface area contributed by atoms with Gasteiger partial charge in [-0.15, -0.1) is 0 Å². The molecule has 0 amide bonds. The van der Waals surface area contributed by atoms with Gasteiger partial charge < -0.3 is 14.6 Å². The number of rotatable bonds is 4. The van der Waals surface area contributed by atoms with Gasteiger partial charge in [-0.05, 0) is 17.7 Å². The molecule has 1 unspecified atom stereocenters. The zero-order valence-electron chi connectivity index (χ0n) is 7.43. The van der Waals surface area contributed by atoms with Gasteiger partial charge in [0.05, 0.1) is 6.10 Å². The van der Waals surface area contributed by atoms with E-state index in [0.717, 1.165) is 11.8 Å². The minimum atomic E-state index is -0.260. The van der Waals surface area contributed by atoms with Crippen LogP contribution in [0.2, 0.25) is 0 Å². The summed E-state index contributed by atoms with van der Waals surface area (Å²) in [6.45, 7) is 0. The lowest BCUT2D eigenvalue weighted by atomic mass is 10.1. The van der Waals surface area contributed by atoms with Crippen molar-refractivity contribution in [1.29, 1.82) is 0 Å². The second-order valence-electron chi connectivity index (χ2n) is 2.72. The molecule has 0 saturated carbocycles. The first-order chi connectivity index (χ1) is 6.27. The maximum absolute atomic E-state index is 10.3. The number of hydrogen-bond donors (Lipinski definition) is 1. The van der Waals surface area contributed by atoms with E-state index in [4.69, 9.17) is 4.74 Å². The Morgan fingerprint density at radius 1 is 1.62 bits per heavy atom. The summed E-state index contributed by atoms with van der Waals surface area (Å²) in [6.07, 6.45) is 0.850. The zero-order chi connectivity index (χ0) is 9.68. The van der Waals surface area contributed by atoms with Crippen molar-refractivity contribution in [1.82, 2.24) is 0 Å². The van der Waals surface area contributed by atoms with Crippen LogP contribution in [0.3, 0.4) is 0 Å². The number of phenolic OH excluding ortho intramolecular Hbond substituents is 1. The summed E-state index contributed by atoms with van der Waals surface area (Å²) in [4.78, 5) is 10.3. The number of hydrogen-bond acceptors (Lipinski definition) is 3. The maximum Gasteiger partial charge on any atom is 0.122 e. The van der Waals surface area contributed by atoms with E-state index in [9.17, 15) is 9.90 Å². The SMILES string of the molecule is COC(CC=O)c1cccc(O)c1. The van der Waals surface area contributed by atoms with Gasteiger partial charge in [0.25, 0.3) is 0 Å². The lowest BCUT2D eigenvalue weighted by Crippen LogP contribution is -2.01. The van der Waals surface area contributed by atoms with Gasteiger partial charge in [-0.25, -0.2) is 0 Å². The highest BCUT2D eigenvalue weighted by Gasteiger charge is 2.09. The molecule has 1 N–H and O–H groups in total. The molecule has 1 aromatic rings. The van der Waals surface area contributed by atoms with Crippen molar-refractivity contribution >= 4 is 6.29 Å². The van der Waals surface area contributed by atoms with Gasteiger partial charge in [-0.2, -0.15) is 0 Å². The van der Waals surface area contributed by atoms with Crippen molar-refractivity contribution in [3.8, 4) is 5.75 Å². The van der Waals surface area contributed by atoms with Crippen LogP contribution in [-0.2, 0) is 9.53 Å². The Hall–Kier alpha value is -1.35. The van der Waals surface area contributed by atoms with Crippen molar-refractivity contribution in [2.24, 2.45) is 0 Å². The molecule has 1 aromatic carbocycles. The van der Waals surface area contributed by atoms with Crippen LogP contribution < -0.4 is 0 Å². The van der Waals surface area contributed by atoms with Gasteiger partial charge >= 0.3 is 0 Å². The maximum atomic E-state index is 10.3. The van der Waals surface area contributed by atoms with Crippen molar-refractivity contribution in [3.63, 3.8) is 0 Å². The van der Waals surface area contributed by atoms with E-state index in [-0.39, 0.29) is 11.9 Å². The normalized spacial score (nSPS) is 12.4. The van der Waals surface area contributed by atoms with Crippen LogP contribution in [0.25, 0.3) is 0 Å². The molecule has 1 atom stereocenters. The number of aldehydes is 1. The quantitative estimate of drug-likeness (QED) is 0.717. The largest absolute Gasteiger partial charge is 0.508 e. The predicted molar refractivity (Wildman–Crippen MR) is 48.5 cm³/mol. The lowest BCUT2D eigenvalue weighted by Gasteiger charge is -2.12. The van der Waals surface area contributed by atoms with Crippen LogP contribution in [0.1, 0.15) is 18.1 Å². The fourth-order valence-corrected chi connectivity index (χ4v) is 1.18. The van der Waals surface area contributed by atoms with E-state index < -0.39 is 0 Å². The second-order valence-corrected chi connectivity index (χ2v) is 2.72. The minimum absolute atomic E-state index is 0.186. The first kappa shape index (κ1) is 9.74. The number of aromatic hydroxyl groups is 1. The first-order valence-corrected chi connectivity index (χ1v) is 4.03. The topological polar surface area (TPSA) is 46.5 Å². The number of carbonyl (C=O) groups is 1. The van der Waals surface area contributed by atoms with E-state index in [1.54, 1.807) is 18.2 Å². The Bertz CT molecular complexity index is 283. The lowest BCUT2D eigenvalue weighted by molar-refractivity contribution is -0.110. The molecule has 0 spiro atoms. The van der Waals surface area contributed by atoms with Crippen LogP contribution in [0, 0.1) is 0 Å². The second kappa shape index (κ2) is 4.62. The fourth-order valence-electron chi connectivity index (χ4n) is 1.18.